The van der Waals surface area contributed by atoms with Crippen molar-refractivity contribution in [1.29, 1.82) is 0 Å². The third-order valence-electron chi connectivity index (χ3n) is 3.51. The molecule has 2 rings (SSSR count). The first-order valence-corrected chi connectivity index (χ1v) is 7.92. The Hall–Kier alpha value is -3.67. The van der Waals surface area contributed by atoms with E-state index in [9.17, 15) is 14.4 Å². The van der Waals surface area contributed by atoms with E-state index in [0.717, 1.165) is 0 Å². The maximum atomic E-state index is 11.9. The minimum absolute atomic E-state index is 0.0393. The van der Waals surface area contributed by atoms with Crippen molar-refractivity contribution in [1.82, 2.24) is 0 Å². The Bertz CT molecular complexity index is 938. The summed E-state index contributed by atoms with van der Waals surface area (Å²) in [4.78, 5) is 34.7. The van der Waals surface area contributed by atoms with E-state index >= 15 is 0 Å². The Labute approximate surface area is 156 Å². The molecule has 138 valence electrons. The monoisotopic (exact) mass is 366 g/mol. The predicted octanol–water partition coefficient (Wildman–Crippen LogP) is 4.01. The molecule has 0 heterocycles. The second kappa shape index (κ2) is 8.14. The zero-order valence-electron chi connectivity index (χ0n) is 14.9. The fourth-order valence-corrected chi connectivity index (χ4v) is 2.03. The van der Waals surface area contributed by atoms with Gasteiger partial charge in [0.25, 0.3) is 0 Å². The van der Waals surface area contributed by atoms with Crippen molar-refractivity contribution < 1.29 is 29.0 Å². The molecule has 0 spiro atoms. The van der Waals surface area contributed by atoms with Gasteiger partial charge < -0.3 is 14.6 Å². The second-order valence-electron chi connectivity index (χ2n) is 5.88. The summed E-state index contributed by atoms with van der Waals surface area (Å²) < 4.78 is 10.5. The highest BCUT2D eigenvalue weighted by Crippen LogP contribution is 2.34. The fraction of sp³-hybridized carbons (Fsp3) is 0.0952. The standard InChI is InChI=1S/C21H18O6/c1-12(2)20(24)26-17-10-9-16(11-18(17)27-21(25)13(3)4)14-5-7-15(8-6-14)19(22)23/h5-11H,1,3H2,2,4H3,(H,22,23). The van der Waals surface area contributed by atoms with Crippen LogP contribution in [0.4, 0.5) is 0 Å². The third-order valence-corrected chi connectivity index (χ3v) is 3.51. The molecule has 2 aromatic carbocycles. The van der Waals surface area contributed by atoms with Crippen molar-refractivity contribution in [2.45, 2.75) is 13.8 Å². The van der Waals surface area contributed by atoms with Gasteiger partial charge in [0.05, 0.1) is 5.56 Å². The molecule has 0 aliphatic rings. The highest BCUT2D eigenvalue weighted by atomic mass is 16.6. The van der Waals surface area contributed by atoms with Crippen LogP contribution in [-0.4, -0.2) is 23.0 Å². The quantitative estimate of drug-likeness (QED) is 0.472. The van der Waals surface area contributed by atoms with Crippen molar-refractivity contribution in [2.75, 3.05) is 0 Å². The van der Waals surface area contributed by atoms with Crippen LogP contribution < -0.4 is 9.47 Å². The third kappa shape index (κ3) is 4.92. The molecule has 0 aliphatic carbocycles. The van der Waals surface area contributed by atoms with E-state index in [1.165, 1.54) is 38.1 Å². The average Bonchev–Trinajstić information content (AvgIpc) is 2.62. The molecule has 6 heteroatoms. The maximum Gasteiger partial charge on any atom is 0.338 e. The van der Waals surface area contributed by atoms with Gasteiger partial charge in [-0.2, -0.15) is 0 Å². The van der Waals surface area contributed by atoms with E-state index in [2.05, 4.69) is 13.2 Å². The van der Waals surface area contributed by atoms with Crippen LogP contribution in [-0.2, 0) is 9.59 Å². The van der Waals surface area contributed by atoms with Crippen LogP contribution in [0.25, 0.3) is 11.1 Å². The number of rotatable bonds is 6. The lowest BCUT2D eigenvalue weighted by atomic mass is 10.0. The van der Waals surface area contributed by atoms with Crippen molar-refractivity contribution in [2.24, 2.45) is 0 Å². The number of aromatic carboxylic acids is 1. The molecule has 0 aliphatic heterocycles. The van der Waals surface area contributed by atoms with Crippen LogP contribution in [0.1, 0.15) is 24.2 Å². The highest BCUT2D eigenvalue weighted by molar-refractivity contribution is 5.92. The van der Waals surface area contributed by atoms with Crippen LogP contribution >= 0.6 is 0 Å². The summed E-state index contributed by atoms with van der Waals surface area (Å²) in [7, 11) is 0. The van der Waals surface area contributed by atoms with Crippen LogP contribution in [0.15, 0.2) is 66.8 Å². The summed E-state index contributed by atoms with van der Waals surface area (Å²) in [5.74, 6) is -2.25. The van der Waals surface area contributed by atoms with E-state index < -0.39 is 17.9 Å². The number of carboxylic acid groups (broad SMARTS) is 1. The average molecular weight is 366 g/mol. The number of carbonyl (C=O) groups is 3. The zero-order chi connectivity index (χ0) is 20.1. The summed E-state index contributed by atoms with van der Waals surface area (Å²) in [5, 5.41) is 8.99. The summed E-state index contributed by atoms with van der Waals surface area (Å²) in [5.41, 5.74) is 1.88. The summed E-state index contributed by atoms with van der Waals surface area (Å²) in [6, 6.07) is 10.9. The Morgan fingerprint density at radius 2 is 1.26 bits per heavy atom. The molecule has 0 aromatic heterocycles. The number of benzene rings is 2. The van der Waals surface area contributed by atoms with E-state index in [1.807, 2.05) is 0 Å². The number of carbonyl (C=O) groups excluding carboxylic acids is 2. The van der Waals surface area contributed by atoms with Gasteiger partial charge in [-0.15, -0.1) is 0 Å². The van der Waals surface area contributed by atoms with E-state index in [4.69, 9.17) is 14.6 Å². The van der Waals surface area contributed by atoms with E-state index in [-0.39, 0.29) is 28.2 Å². The van der Waals surface area contributed by atoms with Gasteiger partial charge in [-0.1, -0.05) is 31.4 Å². The van der Waals surface area contributed by atoms with Crippen molar-refractivity contribution in [3.63, 3.8) is 0 Å². The minimum atomic E-state index is -1.03. The molecule has 6 nitrogen and oxygen atoms in total. The largest absolute Gasteiger partial charge is 0.478 e. The van der Waals surface area contributed by atoms with Gasteiger partial charge in [-0.25, -0.2) is 14.4 Å². The Kier molecular flexibility index (Phi) is 5.92. The van der Waals surface area contributed by atoms with Gasteiger partial charge in [0.1, 0.15) is 0 Å². The Morgan fingerprint density at radius 1 is 0.778 bits per heavy atom. The number of ether oxygens (including phenoxy) is 2. The molecule has 0 saturated heterocycles. The molecule has 0 amide bonds. The first-order valence-electron chi connectivity index (χ1n) is 7.92. The predicted molar refractivity (Wildman–Crippen MR) is 99.7 cm³/mol. The lowest BCUT2D eigenvalue weighted by molar-refractivity contribution is -0.132. The molecule has 0 fully saturated rings. The molecule has 0 saturated carbocycles. The van der Waals surface area contributed by atoms with E-state index in [0.29, 0.717) is 11.1 Å². The lowest BCUT2D eigenvalue weighted by Gasteiger charge is -2.12. The van der Waals surface area contributed by atoms with Crippen molar-refractivity contribution in [3.05, 3.63) is 72.3 Å². The number of hydrogen-bond donors (Lipinski definition) is 1. The second-order valence-corrected chi connectivity index (χ2v) is 5.88. The molecule has 27 heavy (non-hydrogen) atoms. The van der Waals surface area contributed by atoms with Crippen LogP contribution in [0.3, 0.4) is 0 Å². The van der Waals surface area contributed by atoms with Gasteiger partial charge in [0, 0.05) is 11.1 Å². The summed E-state index contributed by atoms with van der Waals surface area (Å²) in [6.07, 6.45) is 0. The first kappa shape index (κ1) is 19.7. The molecular weight excluding hydrogens is 348 g/mol. The SMILES string of the molecule is C=C(C)C(=O)Oc1ccc(-c2ccc(C(=O)O)cc2)cc1OC(=O)C(=C)C. The summed E-state index contributed by atoms with van der Waals surface area (Å²) >= 11 is 0. The van der Waals surface area contributed by atoms with Crippen molar-refractivity contribution >= 4 is 17.9 Å². The van der Waals surface area contributed by atoms with Crippen LogP contribution in [0, 0.1) is 0 Å². The van der Waals surface area contributed by atoms with Crippen LogP contribution in [0.2, 0.25) is 0 Å². The van der Waals surface area contributed by atoms with Gasteiger partial charge >= 0.3 is 17.9 Å². The smallest absolute Gasteiger partial charge is 0.338 e. The van der Waals surface area contributed by atoms with Gasteiger partial charge in [0.2, 0.25) is 0 Å². The van der Waals surface area contributed by atoms with Gasteiger partial charge in [-0.05, 0) is 49.2 Å². The molecule has 0 unspecified atom stereocenters. The Morgan fingerprint density at radius 3 is 1.74 bits per heavy atom. The van der Waals surface area contributed by atoms with E-state index in [1.54, 1.807) is 18.2 Å². The normalized spacial score (nSPS) is 10.0. The zero-order valence-corrected chi connectivity index (χ0v) is 14.9. The minimum Gasteiger partial charge on any atom is -0.478 e. The molecule has 0 bridgehead atoms. The molecule has 2 aromatic rings. The number of hydrogen-bond acceptors (Lipinski definition) is 5. The maximum absolute atomic E-state index is 11.9. The first-order chi connectivity index (χ1) is 12.7. The number of carboxylic acids is 1. The molecule has 1 N–H and O–H groups in total. The highest BCUT2D eigenvalue weighted by Gasteiger charge is 2.16. The topological polar surface area (TPSA) is 89.9 Å². The van der Waals surface area contributed by atoms with Gasteiger partial charge in [0.15, 0.2) is 11.5 Å². The fourth-order valence-electron chi connectivity index (χ4n) is 2.03. The van der Waals surface area contributed by atoms with Crippen LogP contribution in [0.5, 0.6) is 11.5 Å². The summed E-state index contributed by atoms with van der Waals surface area (Å²) in [6.45, 7) is 10.0. The Balaban J connectivity index is 2.44. The van der Waals surface area contributed by atoms with Crippen molar-refractivity contribution in [3.8, 4) is 22.6 Å². The lowest BCUT2D eigenvalue weighted by Crippen LogP contribution is -2.12. The van der Waals surface area contributed by atoms with Gasteiger partial charge in [-0.3, -0.25) is 0 Å². The number of esters is 2. The molecule has 0 radical (unpaired) electrons. The molecular formula is C21H18O6. The molecule has 0 atom stereocenters.